The van der Waals surface area contributed by atoms with Crippen LogP contribution in [0.3, 0.4) is 0 Å². The largest absolute Gasteiger partial charge is 0.315 e. The summed E-state index contributed by atoms with van der Waals surface area (Å²) in [5.41, 5.74) is 5.70. The average molecular weight is 226 g/mol. The molecule has 1 saturated heterocycles. The van der Waals surface area contributed by atoms with Gasteiger partial charge in [0.1, 0.15) is 0 Å². The molecule has 8 heavy (non-hydrogen) atoms. The maximum Gasteiger partial charge on any atom is 0.0663 e. The third-order valence-electron chi connectivity index (χ3n) is 1.48. The van der Waals surface area contributed by atoms with Crippen molar-refractivity contribution >= 4 is 22.9 Å². The summed E-state index contributed by atoms with van der Waals surface area (Å²) >= 11 is 2.29. The molecule has 0 aromatic carbocycles. The Bertz CT molecular complexity index is 66.8. The van der Waals surface area contributed by atoms with Crippen molar-refractivity contribution in [1.82, 2.24) is 3.11 Å². The molecule has 0 aliphatic carbocycles. The van der Waals surface area contributed by atoms with Crippen molar-refractivity contribution in [2.24, 2.45) is 5.73 Å². The van der Waals surface area contributed by atoms with E-state index in [4.69, 9.17) is 5.73 Å². The minimum Gasteiger partial charge on any atom is -0.315 e. The normalized spacial score (nSPS) is 33.0. The van der Waals surface area contributed by atoms with E-state index in [0.717, 1.165) is 0 Å². The second-order valence-corrected chi connectivity index (χ2v) is 3.43. The third-order valence-corrected chi connectivity index (χ3v) is 2.68. The lowest BCUT2D eigenvalue weighted by atomic mass is 10.1. The molecule has 2 nitrogen and oxygen atoms in total. The Balaban J connectivity index is 2.28. The van der Waals surface area contributed by atoms with Gasteiger partial charge in [-0.2, -0.15) is 0 Å². The second-order valence-electron chi connectivity index (χ2n) is 2.19. The zero-order valence-electron chi connectivity index (χ0n) is 4.81. The van der Waals surface area contributed by atoms with Crippen molar-refractivity contribution in [2.75, 3.05) is 6.54 Å². The number of hydrogen-bond acceptors (Lipinski definition) is 2. The summed E-state index contributed by atoms with van der Waals surface area (Å²) in [4.78, 5) is 0. The smallest absolute Gasteiger partial charge is 0.0663 e. The molecule has 1 aliphatic heterocycles. The predicted molar refractivity (Wildman–Crippen MR) is 42.6 cm³/mol. The highest BCUT2D eigenvalue weighted by molar-refractivity contribution is 14.1. The van der Waals surface area contributed by atoms with Gasteiger partial charge in [0.05, 0.1) is 6.17 Å². The fourth-order valence-electron chi connectivity index (χ4n) is 0.922. The van der Waals surface area contributed by atoms with Crippen LogP contribution in [0.1, 0.15) is 19.3 Å². The Hall–Kier alpha value is 0.650. The summed E-state index contributed by atoms with van der Waals surface area (Å²) in [7, 11) is 0. The Morgan fingerprint density at radius 1 is 1.50 bits per heavy atom. The molecule has 0 bridgehead atoms. The molecule has 0 spiro atoms. The summed E-state index contributed by atoms with van der Waals surface area (Å²) in [5.74, 6) is 0. The van der Waals surface area contributed by atoms with Gasteiger partial charge in [-0.15, -0.1) is 0 Å². The van der Waals surface area contributed by atoms with Gasteiger partial charge in [0.2, 0.25) is 0 Å². The molecule has 3 heteroatoms. The molecule has 0 saturated carbocycles. The molecular formula is C5H11IN2. The minimum atomic E-state index is 0.323. The first-order chi connectivity index (χ1) is 3.80. The highest BCUT2D eigenvalue weighted by Gasteiger charge is 2.14. The first-order valence-electron chi connectivity index (χ1n) is 2.99. The van der Waals surface area contributed by atoms with Gasteiger partial charge in [0.15, 0.2) is 0 Å². The summed E-state index contributed by atoms with van der Waals surface area (Å²) < 4.78 is 2.18. The zero-order chi connectivity index (χ0) is 5.98. The van der Waals surface area contributed by atoms with Crippen LogP contribution < -0.4 is 5.73 Å². The van der Waals surface area contributed by atoms with Crippen LogP contribution in [0.5, 0.6) is 0 Å². The molecule has 48 valence electrons. The van der Waals surface area contributed by atoms with Crippen LogP contribution in [0, 0.1) is 0 Å². The van der Waals surface area contributed by atoms with E-state index >= 15 is 0 Å². The van der Waals surface area contributed by atoms with Gasteiger partial charge >= 0.3 is 0 Å². The van der Waals surface area contributed by atoms with E-state index in [1.807, 2.05) is 0 Å². The number of rotatable bonds is 0. The van der Waals surface area contributed by atoms with Crippen molar-refractivity contribution in [3.8, 4) is 0 Å². The van der Waals surface area contributed by atoms with E-state index in [1.54, 1.807) is 0 Å². The highest BCUT2D eigenvalue weighted by atomic mass is 127. The quantitative estimate of drug-likeness (QED) is 0.495. The molecule has 1 aliphatic rings. The molecule has 1 rings (SSSR count). The summed E-state index contributed by atoms with van der Waals surface area (Å²) in [6, 6.07) is 0. The fourth-order valence-corrected chi connectivity index (χ4v) is 1.54. The van der Waals surface area contributed by atoms with Crippen molar-refractivity contribution in [2.45, 2.75) is 25.4 Å². The number of nitrogens with zero attached hydrogens (tertiary/aromatic N) is 1. The van der Waals surface area contributed by atoms with E-state index in [-0.39, 0.29) is 0 Å². The lowest BCUT2D eigenvalue weighted by Gasteiger charge is -2.26. The average Bonchev–Trinajstić information content (AvgIpc) is 1.77. The van der Waals surface area contributed by atoms with Crippen LogP contribution in [0.15, 0.2) is 0 Å². The van der Waals surface area contributed by atoms with Crippen LogP contribution in [-0.4, -0.2) is 15.8 Å². The van der Waals surface area contributed by atoms with Crippen molar-refractivity contribution in [3.05, 3.63) is 0 Å². The third kappa shape index (κ3) is 1.56. The van der Waals surface area contributed by atoms with E-state index in [9.17, 15) is 0 Å². The second kappa shape index (κ2) is 2.98. The number of piperidine rings is 1. The van der Waals surface area contributed by atoms with Gasteiger partial charge in [-0.05, 0) is 19.3 Å². The molecule has 2 N–H and O–H groups in total. The summed E-state index contributed by atoms with van der Waals surface area (Å²) in [6.07, 6.45) is 4.12. The summed E-state index contributed by atoms with van der Waals surface area (Å²) in [5, 5.41) is 0. The lowest BCUT2D eigenvalue weighted by molar-refractivity contribution is 0.305. The maximum absolute atomic E-state index is 5.70. The van der Waals surface area contributed by atoms with E-state index < -0.39 is 0 Å². The minimum absolute atomic E-state index is 0.323. The standard InChI is InChI=1S/C5H11IN2/c6-8-4-2-1-3-5(8)7/h5H,1-4,7H2. The van der Waals surface area contributed by atoms with Gasteiger partial charge in [-0.1, -0.05) is 0 Å². The van der Waals surface area contributed by atoms with E-state index in [1.165, 1.54) is 25.8 Å². The zero-order valence-corrected chi connectivity index (χ0v) is 6.97. The predicted octanol–water partition coefficient (Wildman–Crippen LogP) is 1.11. The summed E-state index contributed by atoms with van der Waals surface area (Å²) in [6.45, 7) is 1.17. The number of hydrogen-bond donors (Lipinski definition) is 1. The fraction of sp³-hybridized carbons (Fsp3) is 1.00. The molecule has 0 aromatic heterocycles. The van der Waals surface area contributed by atoms with Crippen LogP contribution in [0.4, 0.5) is 0 Å². The Labute approximate surface area is 63.9 Å². The Morgan fingerprint density at radius 3 is 2.62 bits per heavy atom. The Morgan fingerprint density at radius 2 is 2.25 bits per heavy atom. The number of nitrogens with two attached hydrogens (primary N) is 1. The molecular weight excluding hydrogens is 215 g/mol. The van der Waals surface area contributed by atoms with Crippen LogP contribution >= 0.6 is 22.9 Å². The van der Waals surface area contributed by atoms with Crippen molar-refractivity contribution in [3.63, 3.8) is 0 Å². The van der Waals surface area contributed by atoms with E-state index in [2.05, 4.69) is 26.0 Å². The van der Waals surface area contributed by atoms with Gasteiger partial charge < -0.3 is 5.73 Å². The number of halogens is 1. The van der Waals surface area contributed by atoms with Crippen LogP contribution in [-0.2, 0) is 0 Å². The molecule has 1 unspecified atom stereocenters. The molecule has 1 atom stereocenters. The van der Waals surface area contributed by atoms with Gasteiger partial charge in [-0.3, -0.25) is 0 Å². The molecule has 1 heterocycles. The van der Waals surface area contributed by atoms with Crippen molar-refractivity contribution in [1.29, 1.82) is 0 Å². The van der Waals surface area contributed by atoms with Gasteiger partial charge in [0.25, 0.3) is 0 Å². The van der Waals surface area contributed by atoms with Crippen LogP contribution in [0.25, 0.3) is 0 Å². The first-order valence-corrected chi connectivity index (χ1v) is 3.95. The van der Waals surface area contributed by atoms with Crippen molar-refractivity contribution < 1.29 is 0 Å². The monoisotopic (exact) mass is 226 g/mol. The maximum atomic E-state index is 5.70. The topological polar surface area (TPSA) is 29.3 Å². The molecule has 1 fully saturated rings. The molecule has 0 aromatic rings. The molecule has 0 amide bonds. The van der Waals surface area contributed by atoms with Crippen LogP contribution in [0.2, 0.25) is 0 Å². The van der Waals surface area contributed by atoms with E-state index in [0.29, 0.717) is 6.17 Å². The lowest BCUT2D eigenvalue weighted by Crippen LogP contribution is -2.38. The molecule has 0 radical (unpaired) electrons. The van der Waals surface area contributed by atoms with Gasteiger partial charge in [-0.25, -0.2) is 3.11 Å². The SMILES string of the molecule is NC1CCCCN1I. The Kier molecular flexibility index (Phi) is 2.52. The first kappa shape index (κ1) is 6.77. The van der Waals surface area contributed by atoms with Gasteiger partial charge in [0, 0.05) is 29.4 Å². The highest BCUT2D eigenvalue weighted by Crippen LogP contribution is 2.15.